The lowest BCUT2D eigenvalue weighted by Crippen LogP contribution is -2.54. The van der Waals surface area contributed by atoms with Crippen molar-refractivity contribution in [2.45, 2.75) is 19.1 Å². The number of hydrogen-bond donors (Lipinski definition) is 2. The first-order valence-electron chi connectivity index (χ1n) is 7.57. The van der Waals surface area contributed by atoms with E-state index in [0.29, 0.717) is 4.90 Å². The van der Waals surface area contributed by atoms with Crippen LogP contribution in [0.5, 0.6) is 5.75 Å². The molecule has 0 fully saturated rings. The number of nitrogens with one attached hydrogen (secondary N) is 1. The van der Waals surface area contributed by atoms with Crippen LogP contribution in [-0.4, -0.2) is 65.6 Å². The van der Waals surface area contributed by atoms with Crippen molar-refractivity contribution >= 4 is 12.1 Å². The van der Waals surface area contributed by atoms with Gasteiger partial charge in [-0.15, -0.1) is 0 Å². The van der Waals surface area contributed by atoms with Gasteiger partial charge in [0.25, 0.3) is 5.91 Å². The number of fused-ring (bicyclic) bond motifs is 1. The molecule has 1 aliphatic rings. The molecule has 150 valence electrons. The summed E-state index contributed by atoms with van der Waals surface area (Å²) in [7, 11) is 0. The Morgan fingerprint density at radius 3 is 2.70 bits per heavy atom. The Bertz CT molecular complexity index is 765. The molecule has 1 amide bonds. The van der Waals surface area contributed by atoms with E-state index in [0.717, 1.165) is 23.9 Å². The quantitative estimate of drug-likeness (QED) is 0.519. The molecule has 10 nitrogen and oxygen atoms in total. The SMILES string of the molecule is CC(N1CNn2ccc(=O)c(OCOC(=O)OCCO)c2C1=O)C(F)(F)F. The molecule has 0 aromatic carbocycles. The number of halogens is 3. The molecule has 0 radical (unpaired) electrons. The summed E-state index contributed by atoms with van der Waals surface area (Å²) < 4.78 is 53.7. The van der Waals surface area contributed by atoms with Crippen molar-refractivity contribution < 1.29 is 42.1 Å². The molecule has 2 N–H and O–H groups in total. The highest BCUT2D eigenvalue weighted by atomic mass is 19.4. The van der Waals surface area contributed by atoms with E-state index in [4.69, 9.17) is 9.84 Å². The van der Waals surface area contributed by atoms with Gasteiger partial charge in [-0.1, -0.05) is 0 Å². The summed E-state index contributed by atoms with van der Waals surface area (Å²) in [5, 5.41) is 8.51. The number of aliphatic hydroxyl groups excluding tert-OH is 1. The highest BCUT2D eigenvalue weighted by Gasteiger charge is 2.44. The van der Waals surface area contributed by atoms with Crippen LogP contribution in [0.25, 0.3) is 0 Å². The molecule has 0 saturated carbocycles. The van der Waals surface area contributed by atoms with Gasteiger partial charge in [0.2, 0.25) is 18.0 Å². The lowest BCUT2D eigenvalue weighted by Gasteiger charge is -2.36. The Hall–Kier alpha value is -2.96. The summed E-state index contributed by atoms with van der Waals surface area (Å²) >= 11 is 0. The standard InChI is InChI=1S/C14H16F3N3O7/c1-8(14(15,16)17)19-6-18-20-3-2-9(22)11(10(20)12(19)23)26-7-27-13(24)25-5-4-21/h2-3,8,18,21H,4-7H2,1H3. The Morgan fingerprint density at radius 2 is 2.07 bits per heavy atom. The van der Waals surface area contributed by atoms with Crippen molar-refractivity contribution in [1.29, 1.82) is 0 Å². The van der Waals surface area contributed by atoms with E-state index in [-0.39, 0.29) is 6.61 Å². The second-order valence-electron chi connectivity index (χ2n) is 5.27. The largest absolute Gasteiger partial charge is 0.511 e. The monoisotopic (exact) mass is 395 g/mol. The number of carbonyl (C=O) groups is 2. The predicted molar refractivity (Wildman–Crippen MR) is 81.6 cm³/mol. The fraction of sp³-hybridized carbons (Fsp3) is 0.500. The summed E-state index contributed by atoms with van der Waals surface area (Å²) in [6.07, 6.45) is -4.71. The molecule has 2 heterocycles. The number of alkyl halides is 3. The molecule has 2 rings (SSSR count). The maximum atomic E-state index is 12.9. The summed E-state index contributed by atoms with van der Waals surface area (Å²) in [6.45, 7) is -1.24. The van der Waals surface area contributed by atoms with Crippen LogP contribution in [0, 0.1) is 0 Å². The van der Waals surface area contributed by atoms with E-state index in [9.17, 15) is 27.6 Å². The normalized spacial score (nSPS) is 14.9. The van der Waals surface area contributed by atoms with Crippen molar-refractivity contribution in [2.24, 2.45) is 0 Å². The smallest absolute Gasteiger partial charge is 0.451 e. The number of hydrogen-bond acceptors (Lipinski definition) is 8. The van der Waals surface area contributed by atoms with Crippen LogP contribution in [-0.2, 0) is 9.47 Å². The fourth-order valence-corrected chi connectivity index (χ4v) is 2.15. The zero-order valence-electron chi connectivity index (χ0n) is 14.0. The lowest BCUT2D eigenvalue weighted by molar-refractivity contribution is -0.172. The Morgan fingerprint density at radius 1 is 1.37 bits per heavy atom. The molecule has 1 aromatic heterocycles. The summed E-state index contributed by atoms with van der Waals surface area (Å²) in [5.41, 5.74) is 1.26. The van der Waals surface area contributed by atoms with Gasteiger partial charge in [-0.3, -0.25) is 14.3 Å². The zero-order chi connectivity index (χ0) is 20.2. The van der Waals surface area contributed by atoms with Crippen molar-refractivity contribution in [3.8, 4) is 5.75 Å². The average Bonchev–Trinajstić information content (AvgIpc) is 2.60. The molecule has 0 spiro atoms. The van der Waals surface area contributed by atoms with E-state index in [1.54, 1.807) is 0 Å². The number of aliphatic hydroxyl groups is 1. The topological polar surface area (TPSA) is 119 Å². The van der Waals surface area contributed by atoms with Gasteiger partial charge in [0.1, 0.15) is 19.3 Å². The van der Waals surface area contributed by atoms with Gasteiger partial charge < -0.3 is 29.6 Å². The van der Waals surface area contributed by atoms with Gasteiger partial charge in [-0.25, -0.2) is 4.79 Å². The van der Waals surface area contributed by atoms with Crippen LogP contribution in [0.1, 0.15) is 17.4 Å². The van der Waals surface area contributed by atoms with Crippen molar-refractivity contribution in [3.05, 3.63) is 28.2 Å². The molecule has 1 aromatic rings. The molecular weight excluding hydrogens is 379 g/mol. The summed E-state index contributed by atoms with van der Waals surface area (Å²) in [5.74, 6) is -1.68. The number of ether oxygens (including phenoxy) is 3. The van der Waals surface area contributed by atoms with Crippen LogP contribution < -0.4 is 15.6 Å². The van der Waals surface area contributed by atoms with Crippen molar-refractivity contribution in [1.82, 2.24) is 9.58 Å². The van der Waals surface area contributed by atoms with Gasteiger partial charge >= 0.3 is 12.3 Å². The van der Waals surface area contributed by atoms with Gasteiger partial charge in [0.05, 0.1) is 6.61 Å². The number of amides is 1. The Kier molecular flexibility index (Phi) is 6.15. The number of aromatic nitrogens is 1. The van der Waals surface area contributed by atoms with E-state index in [1.165, 1.54) is 0 Å². The highest BCUT2D eigenvalue weighted by molar-refractivity contribution is 5.96. The third kappa shape index (κ3) is 4.61. The maximum absolute atomic E-state index is 12.9. The molecule has 1 aliphatic heterocycles. The molecule has 27 heavy (non-hydrogen) atoms. The lowest BCUT2D eigenvalue weighted by atomic mass is 10.2. The minimum absolute atomic E-state index is 0.324. The molecule has 13 heteroatoms. The number of carbonyl (C=O) groups excluding carboxylic acids is 2. The summed E-state index contributed by atoms with van der Waals surface area (Å²) in [6, 6.07) is -1.09. The second kappa shape index (κ2) is 8.16. The molecule has 1 unspecified atom stereocenters. The van der Waals surface area contributed by atoms with Crippen LogP contribution in [0.4, 0.5) is 18.0 Å². The van der Waals surface area contributed by atoms with Crippen LogP contribution in [0.2, 0.25) is 0 Å². The first-order chi connectivity index (χ1) is 12.7. The van der Waals surface area contributed by atoms with Crippen LogP contribution in [0.15, 0.2) is 17.1 Å². The Labute approximate surface area is 150 Å². The first-order valence-corrected chi connectivity index (χ1v) is 7.57. The third-order valence-electron chi connectivity index (χ3n) is 3.56. The minimum Gasteiger partial charge on any atom is -0.451 e. The second-order valence-corrected chi connectivity index (χ2v) is 5.27. The molecule has 0 aliphatic carbocycles. The molecule has 1 atom stereocenters. The van der Waals surface area contributed by atoms with E-state index in [1.807, 2.05) is 0 Å². The third-order valence-corrected chi connectivity index (χ3v) is 3.56. The summed E-state index contributed by atoms with van der Waals surface area (Å²) in [4.78, 5) is 36.1. The van der Waals surface area contributed by atoms with E-state index < -0.39 is 61.2 Å². The van der Waals surface area contributed by atoms with Crippen LogP contribution in [0.3, 0.4) is 0 Å². The fourth-order valence-electron chi connectivity index (χ4n) is 2.15. The van der Waals surface area contributed by atoms with Gasteiger partial charge in [-0.2, -0.15) is 13.2 Å². The van der Waals surface area contributed by atoms with E-state index >= 15 is 0 Å². The Balaban J connectivity index is 2.21. The molecular formula is C14H16F3N3O7. The predicted octanol–water partition coefficient (Wildman–Crippen LogP) is 0.238. The van der Waals surface area contributed by atoms with Crippen molar-refractivity contribution in [2.75, 3.05) is 32.1 Å². The zero-order valence-corrected chi connectivity index (χ0v) is 14.0. The maximum Gasteiger partial charge on any atom is 0.511 e. The van der Waals surface area contributed by atoms with E-state index in [2.05, 4.69) is 14.9 Å². The number of rotatable bonds is 6. The van der Waals surface area contributed by atoms with Crippen molar-refractivity contribution in [3.63, 3.8) is 0 Å². The molecule has 0 bridgehead atoms. The van der Waals surface area contributed by atoms with Gasteiger partial charge in [-0.05, 0) is 6.92 Å². The highest BCUT2D eigenvalue weighted by Crippen LogP contribution is 2.28. The first kappa shape index (κ1) is 20.4. The number of nitrogens with zero attached hydrogens (tertiary/aromatic N) is 2. The average molecular weight is 395 g/mol. The molecule has 0 saturated heterocycles. The van der Waals surface area contributed by atoms with Crippen LogP contribution >= 0.6 is 0 Å². The van der Waals surface area contributed by atoms with Gasteiger partial charge in [0, 0.05) is 12.3 Å². The number of pyridine rings is 1. The van der Waals surface area contributed by atoms with Gasteiger partial charge in [0.15, 0.2) is 5.69 Å². The minimum atomic E-state index is -4.67.